The normalized spacial score (nSPS) is 11.1. The van der Waals surface area contributed by atoms with Crippen molar-refractivity contribution in [1.82, 2.24) is 20.2 Å². The summed E-state index contributed by atoms with van der Waals surface area (Å²) in [5.74, 6) is 1.25. The molecule has 108 valence electrons. The molecule has 0 atom stereocenters. The van der Waals surface area contributed by atoms with E-state index in [4.69, 9.17) is 10.2 Å². The van der Waals surface area contributed by atoms with E-state index in [9.17, 15) is 0 Å². The Labute approximate surface area is 126 Å². The van der Waals surface area contributed by atoms with Crippen LogP contribution in [0.4, 0.5) is 5.82 Å². The van der Waals surface area contributed by atoms with E-state index in [1.165, 1.54) is 0 Å². The minimum atomic E-state index is 0.370. The average Bonchev–Trinajstić information content (AvgIpc) is 3.15. The first-order valence-corrected chi connectivity index (χ1v) is 6.84. The highest BCUT2D eigenvalue weighted by Gasteiger charge is 2.13. The van der Waals surface area contributed by atoms with Crippen LogP contribution in [0.15, 0.2) is 47.1 Å². The van der Waals surface area contributed by atoms with Crippen LogP contribution in [0.25, 0.3) is 33.5 Å². The molecule has 0 saturated carbocycles. The summed E-state index contributed by atoms with van der Waals surface area (Å²) < 4.78 is 5.45. The second-order valence-corrected chi connectivity index (χ2v) is 5.06. The van der Waals surface area contributed by atoms with Crippen molar-refractivity contribution in [2.45, 2.75) is 6.92 Å². The lowest BCUT2D eigenvalue weighted by Crippen LogP contribution is -1.95. The van der Waals surface area contributed by atoms with E-state index in [0.717, 1.165) is 22.0 Å². The third-order valence-corrected chi connectivity index (χ3v) is 3.56. The molecule has 3 heterocycles. The van der Waals surface area contributed by atoms with Gasteiger partial charge in [0.2, 0.25) is 5.89 Å². The number of hydrogen-bond donors (Lipinski definition) is 2. The molecule has 0 spiro atoms. The molecule has 0 unspecified atom stereocenters. The maximum Gasteiger partial charge on any atom is 0.251 e. The third-order valence-electron chi connectivity index (χ3n) is 3.56. The lowest BCUT2D eigenvalue weighted by atomic mass is 10.0. The molecule has 0 radical (unpaired) electrons. The van der Waals surface area contributed by atoms with Crippen molar-refractivity contribution in [1.29, 1.82) is 0 Å². The molecule has 6 heteroatoms. The van der Waals surface area contributed by atoms with E-state index in [-0.39, 0.29) is 0 Å². The number of nitrogens with one attached hydrogen (secondary N) is 1. The highest BCUT2D eigenvalue weighted by molar-refractivity contribution is 5.86. The fraction of sp³-hybridized carbons (Fsp3) is 0.0625. The van der Waals surface area contributed by atoms with Gasteiger partial charge in [-0.3, -0.25) is 0 Å². The molecule has 3 N–H and O–H groups in total. The molecule has 0 aliphatic heterocycles. The molecule has 22 heavy (non-hydrogen) atoms. The van der Waals surface area contributed by atoms with Crippen molar-refractivity contribution in [2.75, 3.05) is 5.73 Å². The number of fused-ring (bicyclic) bond motifs is 1. The Morgan fingerprint density at radius 3 is 2.82 bits per heavy atom. The Hall–Kier alpha value is -3.15. The number of pyridine rings is 1. The van der Waals surface area contributed by atoms with Crippen LogP contribution in [-0.2, 0) is 0 Å². The lowest BCUT2D eigenvalue weighted by molar-refractivity contribution is 0.533. The van der Waals surface area contributed by atoms with Crippen LogP contribution in [0.5, 0.6) is 0 Å². The number of nitrogens with two attached hydrogens (primary N) is 1. The van der Waals surface area contributed by atoms with Crippen molar-refractivity contribution < 1.29 is 4.42 Å². The second kappa shape index (κ2) is 4.70. The van der Waals surface area contributed by atoms with Gasteiger partial charge in [0, 0.05) is 30.4 Å². The molecule has 1 aromatic carbocycles. The largest absolute Gasteiger partial charge is 0.421 e. The highest BCUT2D eigenvalue weighted by atomic mass is 16.4. The van der Waals surface area contributed by atoms with Gasteiger partial charge >= 0.3 is 0 Å². The van der Waals surface area contributed by atoms with Crippen LogP contribution in [0, 0.1) is 6.92 Å². The van der Waals surface area contributed by atoms with Crippen LogP contribution < -0.4 is 5.73 Å². The zero-order valence-corrected chi connectivity index (χ0v) is 11.9. The summed E-state index contributed by atoms with van der Waals surface area (Å²) in [5, 5.41) is 8.99. The van der Waals surface area contributed by atoms with E-state index in [2.05, 4.69) is 26.2 Å². The van der Waals surface area contributed by atoms with E-state index in [0.29, 0.717) is 23.2 Å². The van der Waals surface area contributed by atoms with Crippen LogP contribution in [0.1, 0.15) is 5.89 Å². The zero-order valence-electron chi connectivity index (χ0n) is 11.9. The maximum atomic E-state index is 5.94. The van der Waals surface area contributed by atoms with E-state index < -0.39 is 0 Å². The summed E-state index contributed by atoms with van der Waals surface area (Å²) in [4.78, 5) is 7.43. The monoisotopic (exact) mass is 291 g/mol. The summed E-state index contributed by atoms with van der Waals surface area (Å²) in [7, 11) is 0. The number of anilines is 1. The Morgan fingerprint density at radius 1 is 1.09 bits per heavy atom. The second-order valence-electron chi connectivity index (χ2n) is 5.06. The number of nitrogen functional groups attached to an aromatic ring is 1. The van der Waals surface area contributed by atoms with Gasteiger partial charge in [0.1, 0.15) is 5.82 Å². The SMILES string of the molecule is Cc1nnc(-c2cc(-c3ccc4[nH]ccc4c3)cnc2N)o1. The average molecular weight is 291 g/mol. The molecule has 0 fully saturated rings. The molecular weight excluding hydrogens is 278 g/mol. The van der Waals surface area contributed by atoms with Gasteiger partial charge in [-0.2, -0.15) is 0 Å². The molecule has 0 saturated heterocycles. The molecule has 0 aliphatic carbocycles. The van der Waals surface area contributed by atoms with Gasteiger partial charge in [0.05, 0.1) is 5.56 Å². The van der Waals surface area contributed by atoms with Crippen LogP contribution in [-0.4, -0.2) is 20.2 Å². The molecule has 4 rings (SSSR count). The van der Waals surface area contributed by atoms with E-state index >= 15 is 0 Å². The first-order chi connectivity index (χ1) is 10.7. The minimum Gasteiger partial charge on any atom is -0.421 e. The quantitative estimate of drug-likeness (QED) is 0.591. The lowest BCUT2D eigenvalue weighted by Gasteiger charge is -2.05. The smallest absolute Gasteiger partial charge is 0.251 e. The fourth-order valence-electron chi connectivity index (χ4n) is 2.44. The number of benzene rings is 1. The van der Waals surface area contributed by atoms with Gasteiger partial charge in [-0.15, -0.1) is 10.2 Å². The highest BCUT2D eigenvalue weighted by Crippen LogP contribution is 2.30. The first kappa shape index (κ1) is 12.6. The zero-order chi connectivity index (χ0) is 15.1. The maximum absolute atomic E-state index is 5.94. The van der Waals surface area contributed by atoms with Gasteiger partial charge in [-0.1, -0.05) is 6.07 Å². The summed E-state index contributed by atoms with van der Waals surface area (Å²) >= 11 is 0. The third kappa shape index (κ3) is 2.01. The number of aromatic amines is 1. The van der Waals surface area contributed by atoms with Crippen LogP contribution in [0.3, 0.4) is 0 Å². The summed E-state index contributed by atoms with van der Waals surface area (Å²) in [6.07, 6.45) is 3.66. The Balaban J connectivity index is 1.85. The van der Waals surface area contributed by atoms with Gasteiger partial charge in [0.25, 0.3) is 5.89 Å². The number of H-pyrrole nitrogens is 1. The Morgan fingerprint density at radius 2 is 2.00 bits per heavy atom. The number of rotatable bonds is 2. The molecule has 6 nitrogen and oxygen atoms in total. The molecule has 0 aliphatic rings. The summed E-state index contributed by atoms with van der Waals surface area (Å²) in [6, 6.07) is 10.1. The van der Waals surface area contributed by atoms with Gasteiger partial charge < -0.3 is 15.1 Å². The van der Waals surface area contributed by atoms with Gasteiger partial charge in [-0.25, -0.2) is 4.98 Å². The van der Waals surface area contributed by atoms with Crippen LogP contribution >= 0.6 is 0 Å². The van der Waals surface area contributed by atoms with Crippen molar-refractivity contribution >= 4 is 16.7 Å². The van der Waals surface area contributed by atoms with Gasteiger partial charge in [0.15, 0.2) is 0 Å². The predicted molar refractivity (Wildman–Crippen MR) is 84.0 cm³/mol. The van der Waals surface area contributed by atoms with Crippen molar-refractivity contribution in [3.63, 3.8) is 0 Å². The molecule has 4 aromatic rings. The minimum absolute atomic E-state index is 0.370. The number of aromatic nitrogens is 4. The van der Waals surface area contributed by atoms with Crippen LogP contribution in [0.2, 0.25) is 0 Å². The predicted octanol–water partition coefficient (Wildman–Crippen LogP) is 3.17. The van der Waals surface area contributed by atoms with Gasteiger partial charge in [-0.05, 0) is 35.2 Å². The topological polar surface area (TPSA) is 93.6 Å². The number of nitrogens with zero attached hydrogens (tertiary/aromatic N) is 3. The summed E-state index contributed by atoms with van der Waals surface area (Å²) in [5.41, 5.74) is 9.68. The molecular formula is C16H13N5O. The number of aryl methyl sites for hydroxylation is 1. The number of hydrogen-bond acceptors (Lipinski definition) is 5. The Bertz CT molecular complexity index is 970. The Kier molecular flexibility index (Phi) is 2.69. The van der Waals surface area contributed by atoms with Crippen molar-refractivity contribution in [3.8, 4) is 22.6 Å². The van der Waals surface area contributed by atoms with E-state index in [1.807, 2.05) is 30.5 Å². The standard InChI is InChI=1S/C16H13N5O/c1-9-20-21-16(22-9)13-7-12(8-19-15(13)17)10-2-3-14-11(6-10)4-5-18-14/h2-8,18H,1H3,(H2,17,19). The fourth-order valence-corrected chi connectivity index (χ4v) is 2.44. The molecule has 0 bridgehead atoms. The van der Waals surface area contributed by atoms with E-state index in [1.54, 1.807) is 13.1 Å². The summed E-state index contributed by atoms with van der Waals surface area (Å²) in [6.45, 7) is 1.74. The molecule has 3 aromatic heterocycles. The van der Waals surface area contributed by atoms with Crippen molar-refractivity contribution in [3.05, 3.63) is 48.6 Å². The molecule has 0 amide bonds. The van der Waals surface area contributed by atoms with Crippen molar-refractivity contribution in [2.24, 2.45) is 0 Å². The first-order valence-electron chi connectivity index (χ1n) is 6.84.